The van der Waals surface area contributed by atoms with Crippen molar-refractivity contribution in [3.05, 3.63) is 23.3 Å². The molecule has 2 aliphatic heterocycles. The molecule has 3 fully saturated rings. The Labute approximate surface area is 160 Å². The Kier molecular flexibility index (Phi) is 3.99. The first-order valence-electron chi connectivity index (χ1n) is 10.5. The van der Waals surface area contributed by atoms with E-state index in [0.29, 0.717) is 17.9 Å². The van der Waals surface area contributed by atoms with E-state index in [9.17, 15) is 9.59 Å². The number of rotatable bonds is 2. The Bertz CT molecular complexity index is 788. The molecule has 0 aromatic carbocycles. The van der Waals surface area contributed by atoms with Crippen molar-refractivity contribution >= 4 is 11.8 Å². The summed E-state index contributed by atoms with van der Waals surface area (Å²) >= 11 is 0. The minimum Gasteiger partial charge on any atom is -0.338 e. The smallest absolute Gasteiger partial charge is 0.226 e. The van der Waals surface area contributed by atoms with Gasteiger partial charge in [-0.25, -0.2) is 9.97 Å². The van der Waals surface area contributed by atoms with Crippen LogP contribution in [0.4, 0.5) is 0 Å². The lowest BCUT2D eigenvalue weighted by atomic mass is 9.79. The normalized spacial score (nSPS) is 28.5. The van der Waals surface area contributed by atoms with Gasteiger partial charge in [0.25, 0.3) is 0 Å². The van der Waals surface area contributed by atoms with E-state index in [1.54, 1.807) is 6.92 Å². The Hall–Kier alpha value is -1.98. The lowest BCUT2D eigenvalue weighted by Gasteiger charge is -2.35. The second kappa shape index (κ2) is 6.28. The van der Waals surface area contributed by atoms with E-state index in [-0.39, 0.29) is 17.9 Å². The number of aromatic nitrogens is 2. The van der Waals surface area contributed by atoms with Crippen molar-refractivity contribution in [2.45, 2.75) is 70.9 Å². The molecule has 1 aromatic heterocycles. The summed E-state index contributed by atoms with van der Waals surface area (Å²) in [5, 5.41) is 0. The standard InChI is InChI=1S/C21H28N4O2/c1-14(26)25-9-3-2-5-18(25)19-22-12-15-13-24(10-6-17(15)23-19)20(27)16-11-21(16)7-4-8-21/h12,16,18H,2-11,13H2,1H3/t16-,18+/m1/s1. The van der Waals surface area contributed by atoms with Crippen LogP contribution in [0, 0.1) is 11.3 Å². The molecular weight excluding hydrogens is 340 g/mol. The van der Waals surface area contributed by atoms with Crippen LogP contribution in [-0.2, 0) is 22.6 Å². The zero-order valence-electron chi connectivity index (χ0n) is 16.1. The molecule has 2 amide bonds. The number of hydrogen-bond donors (Lipinski definition) is 0. The molecule has 1 saturated heterocycles. The zero-order valence-corrected chi connectivity index (χ0v) is 16.1. The molecule has 6 heteroatoms. The summed E-state index contributed by atoms with van der Waals surface area (Å²) < 4.78 is 0. The molecule has 0 unspecified atom stereocenters. The van der Waals surface area contributed by atoms with Crippen LogP contribution in [0.5, 0.6) is 0 Å². The first kappa shape index (κ1) is 17.1. The van der Waals surface area contributed by atoms with Crippen LogP contribution in [0.2, 0.25) is 0 Å². The molecule has 1 aromatic rings. The number of fused-ring (bicyclic) bond motifs is 1. The third kappa shape index (κ3) is 2.84. The highest BCUT2D eigenvalue weighted by atomic mass is 16.2. The van der Waals surface area contributed by atoms with E-state index in [1.165, 1.54) is 19.3 Å². The fraction of sp³-hybridized carbons (Fsp3) is 0.714. The van der Waals surface area contributed by atoms with Crippen LogP contribution in [-0.4, -0.2) is 44.7 Å². The topological polar surface area (TPSA) is 66.4 Å². The Morgan fingerprint density at radius 3 is 2.74 bits per heavy atom. The summed E-state index contributed by atoms with van der Waals surface area (Å²) in [6, 6.07) is 0.00569. The summed E-state index contributed by atoms with van der Waals surface area (Å²) in [6.07, 6.45) is 10.7. The number of carbonyl (C=O) groups excluding carboxylic acids is 2. The summed E-state index contributed by atoms with van der Waals surface area (Å²) in [7, 11) is 0. The minimum atomic E-state index is 0.00569. The van der Waals surface area contributed by atoms with Crippen molar-refractivity contribution in [2.24, 2.45) is 11.3 Å². The van der Waals surface area contributed by atoms with Gasteiger partial charge in [-0.1, -0.05) is 6.42 Å². The third-order valence-corrected chi connectivity index (χ3v) is 7.31. The van der Waals surface area contributed by atoms with E-state index in [0.717, 1.165) is 62.3 Å². The van der Waals surface area contributed by atoms with E-state index in [2.05, 4.69) is 4.98 Å². The van der Waals surface area contributed by atoms with Gasteiger partial charge in [0.1, 0.15) is 0 Å². The van der Waals surface area contributed by atoms with Crippen LogP contribution < -0.4 is 0 Å². The van der Waals surface area contributed by atoms with Crippen molar-refractivity contribution in [1.82, 2.24) is 19.8 Å². The molecule has 0 bridgehead atoms. The number of nitrogens with zero attached hydrogens (tertiary/aromatic N) is 4. The fourth-order valence-corrected chi connectivity index (χ4v) is 5.36. The third-order valence-electron chi connectivity index (χ3n) is 7.31. The molecule has 2 saturated carbocycles. The highest BCUT2D eigenvalue weighted by molar-refractivity contribution is 5.83. The molecular formula is C21H28N4O2. The second-order valence-electron chi connectivity index (χ2n) is 8.91. The van der Waals surface area contributed by atoms with Gasteiger partial charge in [0.05, 0.1) is 11.7 Å². The molecule has 1 spiro atoms. The number of piperidine rings is 1. The van der Waals surface area contributed by atoms with E-state index >= 15 is 0 Å². The van der Waals surface area contributed by atoms with Crippen molar-refractivity contribution in [3.63, 3.8) is 0 Å². The van der Waals surface area contributed by atoms with E-state index < -0.39 is 0 Å². The lowest BCUT2D eigenvalue weighted by Crippen LogP contribution is -2.40. The monoisotopic (exact) mass is 368 g/mol. The Morgan fingerprint density at radius 1 is 1.19 bits per heavy atom. The maximum absolute atomic E-state index is 12.9. The number of amides is 2. The average Bonchev–Trinajstić information content (AvgIpc) is 3.43. The van der Waals surface area contributed by atoms with Crippen LogP contribution in [0.3, 0.4) is 0 Å². The minimum absolute atomic E-state index is 0.00569. The second-order valence-corrected chi connectivity index (χ2v) is 8.91. The maximum atomic E-state index is 12.9. The number of likely N-dealkylation sites (tertiary alicyclic amines) is 1. The van der Waals surface area contributed by atoms with E-state index in [1.807, 2.05) is 16.0 Å². The molecule has 27 heavy (non-hydrogen) atoms. The molecule has 0 radical (unpaired) electrons. The van der Waals surface area contributed by atoms with Gasteiger partial charge in [-0.2, -0.15) is 0 Å². The van der Waals surface area contributed by atoms with Crippen LogP contribution in [0.15, 0.2) is 6.20 Å². The maximum Gasteiger partial charge on any atom is 0.226 e. The number of hydrogen-bond acceptors (Lipinski definition) is 4. The first-order chi connectivity index (χ1) is 13.1. The van der Waals surface area contributed by atoms with Gasteiger partial charge >= 0.3 is 0 Å². The number of carbonyl (C=O) groups is 2. The zero-order chi connectivity index (χ0) is 18.6. The summed E-state index contributed by atoms with van der Waals surface area (Å²) in [4.78, 5) is 38.2. The quantitative estimate of drug-likeness (QED) is 0.805. The van der Waals surface area contributed by atoms with Gasteiger partial charge in [-0.3, -0.25) is 9.59 Å². The van der Waals surface area contributed by atoms with Crippen LogP contribution >= 0.6 is 0 Å². The molecule has 5 rings (SSSR count). The van der Waals surface area contributed by atoms with Crippen molar-refractivity contribution in [1.29, 1.82) is 0 Å². The van der Waals surface area contributed by atoms with Gasteiger partial charge in [0.2, 0.25) is 11.8 Å². The van der Waals surface area contributed by atoms with Crippen LogP contribution in [0.25, 0.3) is 0 Å². The molecule has 6 nitrogen and oxygen atoms in total. The molecule has 144 valence electrons. The first-order valence-corrected chi connectivity index (χ1v) is 10.5. The highest BCUT2D eigenvalue weighted by Crippen LogP contribution is 2.66. The van der Waals surface area contributed by atoms with Gasteiger partial charge < -0.3 is 9.80 Å². The molecule has 0 N–H and O–H groups in total. The van der Waals surface area contributed by atoms with Crippen molar-refractivity contribution in [2.75, 3.05) is 13.1 Å². The van der Waals surface area contributed by atoms with Crippen molar-refractivity contribution in [3.8, 4) is 0 Å². The van der Waals surface area contributed by atoms with Gasteiger partial charge in [0, 0.05) is 50.7 Å². The lowest BCUT2D eigenvalue weighted by molar-refractivity contribution is -0.135. The Balaban J connectivity index is 1.31. The predicted octanol–water partition coefficient (Wildman–Crippen LogP) is 2.63. The van der Waals surface area contributed by atoms with E-state index in [4.69, 9.17) is 4.98 Å². The highest BCUT2D eigenvalue weighted by Gasteiger charge is 2.61. The summed E-state index contributed by atoms with van der Waals surface area (Å²) in [5.74, 6) is 1.50. The molecule has 2 aliphatic carbocycles. The van der Waals surface area contributed by atoms with Gasteiger partial charge in [0.15, 0.2) is 5.82 Å². The predicted molar refractivity (Wildman–Crippen MR) is 99.5 cm³/mol. The van der Waals surface area contributed by atoms with Crippen molar-refractivity contribution < 1.29 is 9.59 Å². The van der Waals surface area contributed by atoms with Crippen LogP contribution in [0.1, 0.15) is 75.0 Å². The van der Waals surface area contributed by atoms with Gasteiger partial charge in [-0.05, 0) is 43.9 Å². The molecule has 2 atom stereocenters. The fourth-order valence-electron chi connectivity index (χ4n) is 5.36. The largest absolute Gasteiger partial charge is 0.338 e. The summed E-state index contributed by atoms with van der Waals surface area (Å²) in [6.45, 7) is 3.83. The summed E-state index contributed by atoms with van der Waals surface area (Å²) in [5.41, 5.74) is 2.52. The average molecular weight is 368 g/mol. The Morgan fingerprint density at radius 2 is 2.04 bits per heavy atom. The van der Waals surface area contributed by atoms with Gasteiger partial charge in [-0.15, -0.1) is 0 Å². The molecule has 4 aliphatic rings. The molecule has 3 heterocycles. The SMILES string of the molecule is CC(=O)N1CCCC[C@H]1c1ncc2c(n1)CCN(C(=O)[C@H]1CC13CCC3)C2.